The molecular weight excluding hydrogens is 484 g/mol. The fourth-order valence-electron chi connectivity index (χ4n) is 4.84. The van der Waals surface area contributed by atoms with Crippen molar-refractivity contribution in [3.63, 3.8) is 0 Å². The maximum absolute atomic E-state index is 12.5. The molecule has 1 aromatic carbocycles. The van der Waals surface area contributed by atoms with Gasteiger partial charge in [-0.25, -0.2) is 9.78 Å². The van der Waals surface area contributed by atoms with Crippen molar-refractivity contribution in [1.29, 1.82) is 0 Å². The summed E-state index contributed by atoms with van der Waals surface area (Å²) in [6.07, 6.45) is 4.39. The SMILES string of the molecule is C[C@H]1CN(C(=O)OC(C)(C)C)CC[C@H]1Nc1cc(Nc2ccc(N3CCCCC3=O)cc2)ncc1C(N)=O. The Morgan fingerprint density at radius 2 is 1.87 bits per heavy atom. The molecule has 0 aliphatic carbocycles. The van der Waals surface area contributed by atoms with E-state index in [0.29, 0.717) is 43.0 Å². The van der Waals surface area contributed by atoms with E-state index >= 15 is 0 Å². The number of carbonyl (C=O) groups excluding carboxylic acids is 3. The molecule has 2 aliphatic rings. The minimum Gasteiger partial charge on any atom is -0.444 e. The summed E-state index contributed by atoms with van der Waals surface area (Å²) >= 11 is 0. The number of carbonyl (C=O) groups is 3. The van der Waals surface area contributed by atoms with E-state index in [4.69, 9.17) is 10.5 Å². The minimum absolute atomic E-state index is 0.0309. The van der Waals surface area contributed by atoms with Crippen LogP contribution in [0.25, 0.3) is 0 Å². The molecule has 2 fully saturated rings. The third-order valence-electron chi connectivity index (χ3n) is 6.84. The average molecular weight is 523 g/mol. The van der Waals surface area contributed by atoms with Crippen molar-refractivity contribution in [2.75, 3.05) is 35.2 Å². The summed E-state index contributed by atoms with van der Waals surface area (Å²) in [6, 6.07) is 9.45. The topological polar surface area (TPSA) is 130 Å². The molecule has 2 aromatic rings. The molecule has 10 nitrogen and oxygen atoms in total. The standard InChI is InChI=1S/C28H38N6O4/c1-18-17-33(27(37)38-28(2,3)4)14-12-22(18)32-23-15-24(30-16-21(23)26(29)36)31-19-8-10-20(11-9-19)34-13-6-5-7-25(34)35/h8-11,15-16,18,22H,5-7,12-14,17H2,1-4H3,(H2,29,36)(H2,30,31,32)/t18-,22+/m0/s1. The van der Waals surface area contributed by atoms with Gasteiger partial charge in [0.2, 0.25) is 5.91 Å². The van der Waals surface area contributed by atoms with Crippen molar-refractivity contribution in [2.45, 2.75) is 65.0 Å². The number of likely N-dealkylation sites (tertiary alicyclic amines) is 1. The molecule has 204 valence electrons. The van der Waals surface area contributed by atoms with Crippen LogP contribution in [0.4, 0.5) is 27.7 Å². The number of anilines is 4. The van der Waals surface area contributed by atoms with Crippen LogP contribution in [0.3, 0.4) is 0 Å². The molecule has 4 N–H and O–H groups in total. The van der Waals surface area contributed by atoms with Gasteiger partial charge in [-0.3, -0.25) is 9.59 Å². The van der Waals surface area contributed by atoms with Gasteiger partial charge in [-0.1, -0.05) is 6.92 Å². The number of hydrogen-bond acceptors (Lipinski definition) is 7. The fourth-order valence-corrected chi connectivity index (χ4v) is 4.84. The molecule has 3 amide bonds. The molecule has 0 radical (unpaired) electrons. The minimum atomic E-state index is -0.569. The van der Waals surface area contributed by atoms with Crippen molar-refractivity contribution in [3.8, 4) is 0 Å². The number of aromatic nitrogens is 1. The van der Waals surface area contributed by atoms with Crippen LogP contribution in [0.15, 0.2) is 36.5 Å². The predicted molar refractivity (Wildman–Crippen MR) is 148 cm³/mol. The molecule has 3 heterocycles. The summed E-state index contributed by atoms with van der Waals surface area (Å²) in [4.78, 5) is 44.8. The van der Waals surface area contributed by atoms with Crippen LogP contribution < -0.4 is 21.3 Å². The maximum Gasteiger partial charge on any atom is 0.410 e. The first-order chi connectivity index (χ1) is 18.0. The van der Waals surface area contributed by atoms with E-state index in [2.05, 4.69) is 22.5 Å². The number of primary amides is 1. The Kier molecular flexibility index (Phi) is 8.08. The van der Waals surface area contributed by atoms with Gasteiger partial charge in [-0.15, -0.1) is 0 Å². The number of hydrogen-bond donors (Lipinski definition) is 3. The molecule has 2 atom stereocenters. The van der Waals surface area contributed by atoms with Crippen LogP contribution in [-0.4, -0.2) is 59.1 Å². The van der Waals surface area contributed by atoms with Crippen molar-refractivity contribution >= 4 is 40.8 Å². The number of pyridine rings is 1. The summed E-state index contributed by atoms with van der Waals surface area (Å²) in [5.74, 6) is 0.258. The molecule has 2 saturated heterocycles. The van der Waals surface area contributed by atoms with Crippen LogP contribution in [-0.2, 0) is 9.53 Å². The Balaban J connectivity index is 1.44. The Morgan fingerprint density at radius 3 is 2.50 bits per heavy atom. The fraction of sp³-hybridized carbons (Fsp3) is 0.500. The van der Waals surface area contributed by atoms with Crippen molar-refractivity contribution in [2.24, 2.45) is 11.7 Å². The van der Waals surface area contributed by atoms with E-state index in [-0.39, 0.29) is 24.0 Å². The Bertz CT molecular complexity index is 1180. The number of amides is 3. The van der Waals surface area contributed by atoms with E-state index in [1.54, 1.807) is 11.0 Å². The summed E-state index contributed by atoms with van der Waals surface area (Å²) in [5.41, 5.74) is 7.67. The van der Waals surface area contributed by atoms with Crippen LogP contribution in [0.5, 0.6) is 0 Å². The van der Waals surface area contributed by atoms with Gasteiger partial charge in [0.15, 0.2) is 0 Å². The van der Waals surface area contributed by atoms with Crippen molar-refractivity contribution in [3.05, 3.63) is 42.1 Å². The summed E-state index contributed by atoms with van der Waals surface area (Å²) < 4.78 is 5.52. The number of nitrogens with two attached hydrogens (primary N) is 1. The number of rotatable bonds is 6. The highest BCUT2D eigenvalue weighted by Gasteiger charge is 2.32. The molecule has 10 heteroatoms. The van der Waals surface area contributed by atoms with Crippen LogP contribution in [0.2, 0.25) is 0 Å². The van der Waals surface area contributed by atoms with Gasteiger partial charge < -0.3 is 30.9 Å². The van der Waals surface area contributed by atoms with Gasteiger partial charge in [0.1, 0.15) is 11.4 Å². The number of benzene rings is 1. The molecule has 1 aromatic heterocycles. The second kappa shape index (κ2) is 11.3. The van der Waals surface area contributed by atoms with Gasteiger partial charge in [-0.05, 0) is 70.2 Å². The van der Waals surface area contributed by atoms with Gasteiger partial charge in [0.05, 0.1) is 11.3 Å². The Morgan fingerprint density at radius 1 is 1.13 bits per heavy atom. The molecule has 0 spiro atoms. The second-order valence-corrected chi connectivity index (χ2v) is 11.1. The number of ether oxygens (including phenoxy) is 1. The third-order valence-corrected chi connectivity index (χ3v) is 6.84. The first-order valence-electron chi connectivity index (χ1n) is 13.2. The van der Waals surface area contributed by atoms with Gasteiger partial charge in [0.25, 0.3) is 5.91 Å². The van der Waals surface area contributed by atoms with Crippen molar-refractivity contribution < 1.29 is 19.1 Å². The summed E-state index contributed by atoms with van der Waals surface area (Å²) in [6.45, 7) is 9.46. The Hall–Kier alpha value is -3.82. The summed E-state index contributed by atoms with van der Waals surface area (Å²) in [7, 11) is 0. The molecule has 38 heavy (non-hydrogen) atoms. The van der Waals surface area contributed by atoms with E-state index in [1.165, 1.54) is 6.20 Å². The molecule has 0 unspecified atom stereocenters. The smallest absolute Gasteiger partial charge is 0.410 e. The molecule has 2 aliphatic heterocycles. The van der Waals surface area contributed by atoms with Crippen LogP contribution in [0, 0.1) is 5.92 Å². The van der Waals surface area contributed by atoms with E-state index in [9.17, 15) is 14.4 Å². The zero-order valence-electron chi connectivity index (χ0n) is 22.6. The zero-order chi connectivity index (χ0) is 27.4. The van der Waals surface area contributed by atoms with E-state index in [0.717, 1.165) is 30.8 Å². The lowest BCUT2D eigenvalue weighted by Gasteiger charge is -2.38. The normalized spacial score (nSPS) is 20.2. The van der Waals surface area contributed by atoms with Crippen LogP contribution in [0.1, 0.15) is 63.7 Å². The lowest BCUT2D eigenvalue weighted by molar-refractivity contribution is -0.119. The number of nitrogens with one attached hydrogen (secondary N) is 2. The maximum atomic E-state index is 12.5. The highest BCUT2D eigenvalue weighted by molar-refractivity contribution is 5.98. The first-order valence-corrected chi connectivity index (χ1v) is 13.2. The quantitative estimate of drug-likeness (QED) is 0.509. The summed E-state index contributed by atoms with van der Waals surface area (Å²) in [5, 5.41) is 6.74. The highest BCUT2D eigenvalue weighted by atomic mass is 16.6. The lowest BCUT2D eigenvalue weighted by Crippen LogP contribution is -2.49. The monoisotopic (exact) mass is 522 g/mol. The van der Waals surface area contributed by atoms with Gasteiger partial charge >= 0.3 is 6.09 Å². The second-order valence-electron chi connectivity index (χ2n) is 11.1. The predicted octanol–water partition coefficient (Wildman–Crippen LogP) is 4.50. The van der Waals surface area contributed by atoms with E-state index in [1.807, 2.05) is 49.9 Å². The van der Waals surface area contributed by atoms with E-state index < -0.39 is 11.5 Å². The first kappa shape index (κ1) is 27.2. The number of piperidine rings is 2. The van der Waals surface area contributed by atoms with Gasteiger partial charge in [0, 0.05) is 55.7 Å². The molecular formula is C28H38N6O4. The number of nitrogens with zero attached hydrogens (tertiary/aromatic N) is 3. The largest absolute Gasteiger partial charge is 0.444 e. The lowest BCUT2D eigenvalue weighted by atomic mass is 9.93. The highest BCUT2D eigenvalue weighted by Crippen LogP contribution is 2.28. The third kappa shape index (κ3) is 6.73. The van der Waals surface area contributed by atoms with Crippen LogP contribution >= 0.6 is 0 Å². The molecule has 0 saturated carbocycles. The molecule has 0 bridgehead atoms. The zero-order valence-corrected chi connectivity index (χ0v) is 22.6. The Labute approximate surface area is 223 Å². The van der Waals surface area contributed by atoms with Gasteiger partial charge in [-0.2, -0.15) is 0 Å². The average Bonchev–Trinajstić information content (AvgIpc) is 2.85. The van der Waals surface area contributed by atoms with Crippen molar-refractivity contribution in [1.82, 2.24) is 9.88 Å². The molecule has 4 rings (SSSR count).